The molecule has 17 heavy (non-hydrogen) atoms. The highest BCUT2D eigenvalue weighted by Crippen LogP contribution is 2.40. The van der Waals surface area contributed by atoms with Gasteiger partial charge in [-0.2, -0.15) is 0 Å². The van der Waals surface area contributed by atoms with Crippen LogP contribution < -0.4 is 5.11 Å². The van der Waals surface area contributed by atoms with Gasteiger partial charge >= 0.3 is 0 Å². The standard InChI is InChI=1S/C14H10O3/c15-12-7-10-5-8-3-1-2-4-9(8)6-11(10)13(16)14(12)17/h1-7,15-17H/p-1. The van der Waals surface area contributed by atoms with Gasteiger partial charge in [-0.1, -0.05) is 30.0 Å². The Morgan fingerprint density at radius 3 is 2.18 bits per heavy atom. The molecule has 0 aromatic heterocycles. The van der Waals surface area contributed by atoms with Gasteiger partial charge in [-0.05, 0) is 39.7 Å². The number of fused-ring (bicyclic) bond motifs is 2. The van der Waals surface area contributed by atoms with E-state index in [9.17, 15) is 15.3 Å². The summed E-state index contributed by atoms with van der Waals surface area (Å²) in [6.45, 7) is 0. The summed E-state index contributed by atoms with van der Waals surface area (Å²) in [4.78, 5) is 0. The molecule has 3 nitrogen and oxygen atoms in total. The zero-order valence-corrected chi connectivity index (χ0v) is 8.84. The Labute approximate surface area is 97.2 Å². The van der Waals surface area contributed by atoms with Gasteiger partial charge in [-0.25, -0.2) is 0 Å². The largest absolute Gasteiger partial charge is 0.869 e. The number of hydrogen-bond acceptors (Lipinski definition) is 3. The van der Waals surface area contributed by atoms with Gasteiger partial charge in [0.2, 0.25) is 0 Å². The predicted octanol–water partition coefficient (Wildman–Crippen LogP) is 2.48. The van der Waals surface area contributed by atoms with Gasteiger partial charge in [0, 0.05) is 0 Å². The fourth-order valence-corrected chi connectivity index (χ4v) is 2.03. The molecule has 0 unspecified atom stereocenters. The van der Waals surface area contributed by atoms with Crippen molar-refractivity contribution in [3.8, 4) is 17.2 Å². The smallest absolute Gasteiger partial charge is 0.157 e. The van der Waals surface area contributed by atoms with Crippen LogP contribution in [-0.4, -0.2) is 10.2 Å². The van der Waals surface area contributed by atoms with Crippen LogP contribution in [0.15, 0.2) is 42.5 Å². The van der Waals surface area contributed by atoms with Crippen LogP contribution in [0.4, 0.5) is 0 Å². The number of hydrogen-bond donors (Lipinski definition) is 2. The third-order valence-electron chi connectivity index (χ3n) is 2.91. The van der Waals surface area contributed by atoms with Crippen LogP contribution >= 0.6 is 0 Å². The van der Waals surface area contributed by atoms with Gasteiger partial charge in [0.05, 0.1) is 0 Å². The Bertz CT molecular complexity index is 732. The minimum Gasteiger partial charge on any atom is -0.869 e. The fourth-order valence-electron chi connectivity index (χ4n) is 2.03. The van der Waals surface area contributed by atoms with Crippen LogP contribution in [0.5, 0.6) is 17.2 Å². The number of rotatable bonds is 0. The van der Waals surface area contributed by atoms with E-state index in [0.717, 1.165) is 10.8 Å². The lowest BCUT2D eigenvalue weighted by Crippen LogP contribution is -1.92. The van der Waals surface area contributed by atoms with Crippen LogP contribution in [0.2, 0.25) is 0 Å². The summed E-state index contributed by atoms with van der Waals surface area (Å²) in [5.41, 5.74) is 0. The molecular formula is C14H9O3-. The molecule has 3 aromatic carbocycles. The Balaban J connectivity index is 2.52. The topological polar surface area (TPSA) is 63.5 Å². The summed E-state index contributed by atoms with van der Waals surface area (Å²) in [5.74, 6) is -1.50. The van der Waals surface area contributed by atoms with E-state index in [2.05, 4.69) is 0 Å². The van der Waals surface area contributed by atoms with Gasteiger partial charge in [-0.3, -0.25) is 0 Å². The molecule has 3 heteroatoms. The maximum absolute atomic E-state index is 11.8. The second-order valence-corrected chi connectivity index (χ2v) is 3.99. The van der Waals surface area contributed by atoms with Crippen molar-refractivity contribution in [2.45, 2.75) is 0 Å². The number of phenols is 2. The quantitative estimate of drug-likeness (QED) is 0.456. The minimum absolute atomic E-state index is 0.377. The van der Waals surface area contributed by atoms with Gasteiger partial charge in [-0.15, -0.1) is 0 Å². The van der Waals surface area contributed by atoms with Crippen LogP contribution in [0.1, 0.15) is 0 Å². The summed E-state index contributed by atoms with van der Waals surface area (Å²) < 4.78 is 0. The van der Waals surface area contributed by atoms with E-state index < -0.39 is 11.5 Å². The summed E-state index contributed by atoms with van der Waals surface area (Å²) in [6, 6.07) is 12.6. The van der Waals surface area contributed by atoms with Crippen LogP contribution in [0.25, 0.3) is 21.5 Å². The van der Waals surface area contributed by atoms with Crippen molar-refractivity contribution in [2.24, 2.45) is 0 Å². The molecule has 0 heterocycles. The van der Waals surface area contributed by atoms with E-state index in [-0.39, 0.29) is 5.75 Å². The molecule has 0 aliphatic rings. The SMILES string of the molecule is [O-]c1c(O)c(O)cc2cc3ccccc3cc12. The van der Waals surface area contributed by atoms with E-state index >= 15 is 0 Å². The first-order valence-corrected chi connectivity index (χ1v) is 5.21. The van der Waals surface area contributed by atoms with Crippen LogP contribution in [0.3, 0.4) is 0 Å². The summed E-state index contributed by atoms with van der Waals surface area (Å²) in [7, 11) is 0. The molecule has 3 aromatic rings. The van der Waals surface area contributed by atoms with Crippen LogP contribution in [-0.2, 0) is 0 Å². The summed E-state index contributed by atoms with van der Waals surface area (Å²) >= 11 is 0. The van der Waals surface area contributed by atoms with Crippen molar-refractivity contribution in [1.82, 2.24) is 0 Å². The molecule has 84 valence electrons. The predicted molar refractivity (Wildman–Crippen MR) is 64.2 cm³/mol. The lowest BCUT2D eigenvalue weighted by atomic mass is 10.0. The maximum atomic E-state index is 11.8. The van der Waals surface area contributed by atoms with E-state index in [0.29, 0.717) is 10.8 Å². The highest BCUT2D eigenvalue weighted by molar-refractivity contribution is 6.02. The molecule has 0 spiro atoms. The Morgan fingerprint density at radius 2 is 1.47 bits per heavy atom. The molecule has 0 atom stereocenters. The molecule has 0 saturated heterocycles. The molecular weight excluding hydrogens is 216 g/mol. The molecule has 3 rings (SSSR count). The molecule has 0 fully saturated rings. The van der Waals surface area contributed by atoms with Crippen molar-refractivity contribution in [2.75, 3.05) is 0 Å². The molecule has 0 aliphatic carbocycles. The highest BCUT2D eigenvalue weighted by Gasteiger charge is 2.06. The Kier molecular flexibility index (Phi) is 1.89. The first-order chi connectivity index (χ1) is 8.16. The lowest BCUT2D eigenvalue weighted by Gasteiger charge is -2.14. The van der Waals surface area contributed by atoms with E-state index in [1.54, 1.807) is 6.07 Å². The third kappa shape index (κ3) is 1.36. The maximum Gasteiger partial charge on any atom is 0.157 e. The van der Waals surface area contributed by atoms with E-state index in [4.69, 9.17) is 0 Å². The van der Waals surface area contributed by atoms with Crippen molar-refractivity contribution in [3.63, 3.8) is 0 Å². The van der Waals surface area contributed by atoms with Gasteiger partial charge in [0.25, 0.3) is 0 Å². The lowest BCUT2D eigenvalue weighted by molar-refractivity contribution is -0.267. The van der Waals surface area contributed by atoms with Crippen molar-refractivity contribution in [3.05, 3.63) is 42.5 Å². The Morgan fingerprint density at radius 1 is 0.824 bits per heavy atom. The number of aromatic hydroxyl groups is 2. The van der Waals surface area contributed by atoms with E-state index in [1.807, 2.05) is 30.3 Å². The number of benzene rings is 3. The molecule has 0 radical (unpaired) electrons. The molecule has 0 saturated carbocycles. The normalized spacial score (nSPS) is 11.1. The van der Waals surface area contributed by atoms with E-state index in [1.165, 1.54) is 6.07 Å². The van der Waals surface area contributed by atoms with Crippen molar-refractivity contribution >= 4 is 21.5 Å². The minimum atomic E-state index is -0.590. The average molecular weight is 225 g/mol. The zero-order valence-electron chi connectivity index (χ0n) is 8.84. The number of phenolic OH excluding ortho intramolecular Hbond substituents is 2. The van der Waals surface area contributed by atoms with Crippen LogP contribution in [0, 0.1) is 0 Å². The second-order valence-electron chi connectivity index (χ2n) is 3.99. The monoisotopic (exact) mass is 225 g/mol. The first-order valence-electron chi connectivity index (χ1n) is 5.21. The first kappa shape index (κ1) is 9.78. The fraction of sp³-hybridized carbons (Fsp3) is 0. The van der Waals surface area contributed by atoms with Gasteiger partial charge < -0.3 is 15.3 Å². The second kappa shape index (κ2) is 3.28. The Hall–Kier alpha value is -2.42. The molecule has 0 aliphatic heterocycles. The average Bonchev–Trinajstić information content (AvgIpc) is 2.34. The summed E-state index contributed by atoms with van der Waals surface area (Å²) in [5, 5.41) is 33.6. The third-order valence-corrected chi connectivity index (χ3v) is 2.91. The zero-order chi connectivity index (χ0) is 12.0. The summed E-state index contributed by atoms with van der Waals surface area (Å²) in [6.07, 6.45) is 0. The van der Waals surface area contributed by atoms with Crippen molar-refractivity contribution in [1.29, 1.82) is 0 Å². The molecule has 0 bridgehead atoms. The molecule has 0 amide bonds. The van der Waals surface area contributed by atoms with Gasteiger partial charge in [0.1, 0.15) is 5.75 Å². The highest BCUT2D eigenvalue weighted by atomic mass is 16.3. The van der Waals surface area contributed by atoms with Gasteiger partial charge in [0.15, 0.2) is 5.75 Å². The van der Waals surface area contributed by atoms with Crippen molar-refractivity contribution < 1.29 is 15.3 Å². The molecule has 2 N–H and O–H groups in total.